The molecule has 7 atom stereocenters. The van der Waals surface area contributed by atoms with Crippen molar-refractivity contribution in [3.8, 4) is 0 Å². The van der Waals surface area contributed by atoms with Crippen LogP contribution in [-0.4, -0.2) is 73.6 Å². The van der Waals surface area contributed by atoms with Crippen LogP contribution in [0.5, 0.6) is 0 Å². The summed E-state index contributed by atoms with van der Waals surface area (Å²) >= 11 is 3.17. The third kappa shape index (κ3) is 13.6. The van der Waals surface area contributed by atoms with Crippen molar-refractivity contribution in [1.29, 1.82) is 0 Å². The maximum atomic E-state index is 14.8. The van der Waals surface area contributed by atoms with E-state index in [1.54, 1.807) is 0 Å². The average molecular weight is 716 g/mol. The number of benzene rings is 1. The van der Waals surface area contributed by atoms with Crippen LogP contribution in [0.25, 0.3) is 0 Å². The molecule has 8 heteroatoms. The van der Waals surface area contributed by atoms with Crippen molar-refractivity contribution < 1.29 is 33.2 Å². The summed E-state index contributed by atoms with van der Waals surface area (Å²) in [5.74, 6) is -2.92. The molecule has 3 rings (SSSR count). The van der Waals surface area contributed by atoms with Gasteiger partial charge in [0.1, 0.15) is 6.10 Å². The first kappa shape index (κ1) is 39.5. The minimum absolute atomic E-state index is 0.0117. The van der Waals surface area contributed by atoms with Crippen LogP contribution in [0.15, 0.2) is 30.3 Å². The molecule has 0 amide bonds. The number of ether oxygens (including phenoxy) is 3. The predicted octanol–water partition coefficient (Wildman–Crippen LogP) is 8.88. The molecule has 46 heavy (non-hydrogen) atoms. The fourth-order valence-corrected chi connectivity index (χ4v) is 8.26. The second kappa shape index (κ2) is 21.3. The Labute approximate surface area is 285 Å². The van der Waals surface area contributed by atoms with E-state index in [2.05, 4.69) is 60.6 Å². The van der Waals surface area contributed by atoms with Gasteiger partial charge in [-0.2, -0.15) is 0 Å². The second-order valence-electron chi connectivity index (χ2n) is 14.1. The van der Waals surface area contributed by atoms with Crippen molar-refractivity contribution in [2.75, 3.05) is 6.61 Å². The van der Waals surface area contributed by atoms with E-state index in [1.165, 1.54) is 5.56 Å². The van der Waals surface area contributed by atoms with Gasteiger partial charge in [-0.25, -0.2) is 8.78 Å². The standard InChI is InChI=1S/C38H62F2O5Se/c1-4-5-6-16-25-38(39,40)35(42)24-23-32-31(33(41)27-34(32)45-36-22-15-17-26-43-36)21-14-9-7-8-13-20-30(37(46)44-28(2)3)29-18-11-10-12-19-29/h10-12,18-19,28,30-36,41-42H,4-9,13-17,20-27H2,1-3H3/t30?,31-,32-,33+,34-,35?,36?/m1/s1. The summed E-state index contributed by atoms with van der Waals surface area (Å²) in [5, 5.41) is 21.7. The molecule has 5 nitrogen and oxygen atoms in total. The molecule has 264 valence electrons. The molecule has 0 radical (unpaired) electrons. The molecule has 1 heterocycles. The number of hydrogen-bond donors (Lipinski definition) is 2. The SMILES string of the molecule is CCCCCCC(F)(F)C(O)CC[C@@H]1[C@@H](CCCCCCCC(C(=[Se])OC(C)C)c2ccccc2)[C@@H](O)C[C@H]1OC1CCCCO1. The van der Waals surface area contributed by atoms with Gasteiger partial charge < -0.3 is 14.6 Å². The molecule has 0 aromatic heterocycles. The molecule has 1 aliphatic carbocycles. The molecule has 2 N–H and O–H groups in total. The van der Waals surface area contributed by atoms with Gasteiger partial charge in [-0.15, -0.1) is 0 Å². The topological polar surface area (TPSA) is 68.2 Å². The Hall–Kier alpha value is -0.891. The maximum absolute atomic E-state index is 14.8. The van der Waals surface area contributed by atoms with E-state index in [0.717, 1.165) is 88.1 Å². The number of alkyl halides is 2. The number of rotatable bonds is 23. The van der Waals surface area contributed by atoms with E-state index in [4.69, 9.17) is 14.2 Å². The van der Waals surface area contributed by atoms with Crippen molar-refractivity contribution in [1.82, 2.24) is 0 Å². The predicted molar refractivity (Wildman–Crippen MR) is 183 cm³/mol. The van der Waals surface area contributed by atoms with Crippen molar-refractivity contribution in [3.63, 3.8) is 0 Å². The molecular weight excluding hydrogens is 653 g/mol. The zero-order valence-electron chi connectivity index (χ0n) is 28.7. The van der Waals surface area contributed by atoms with Crippen LogP contribution in [0.4, 0.5) is 8.78 Å². The van der Waals surface area contributed by atoms with E-state index >= 15 is 0 Å². The van der Waals surface area contributed by atoms with E-state index < -0.39 is 18.1 Å². The van der Waals surface area contributed by atoms with Crippen LogP contribution in [-0.2, 0) is 14.2 Å². The third-order valence-corrected chi connectivity index (χ3v) is 10.8. The molecular formula is C38H62F2O5Se. The van der Waals surface area contributed by atoms with Crippen LogP contribution >= 0.6 is 0 Å². The number of aliphatic hydroxyl groups excluding tert-OH is 2. The summed E-state index contributed by atoms with van der Waals surface area (Å²) in [5.41, 5.74) is 1.27. The summed E-state index contributed by atoms with van der Waals surface area (Å²) in [4.78, 5) is 0. The summed E-state index contributed by atoms with van der Waals surface area (Å²) in [7, 11) is 0. The first-order valence-electron chi connectivity index (χ1n) is 18.4. The molecule has 3 unspecified atom stereocenters. The van der Waals surface area contributed by atoms with Crippen LogP contribution < -0.4 is 0 Å². The van der Waals surface area contributed by atoms with Gasteiger partial charge in [0.05, 0.1) is 0 Å². The number of halogens is 2. The van der Waals surface area contributed by atoms with Gasteiger partial charge in [0.2, 0.25) is 0 Å². The van der Waals surface area contributed by atoms with Gasteiger partial charge in [-0.1, -0.05) is 26.2 Å². The summed E-state index contributed by atoms with van der Waals surface area (Å²) in [6.45, 7) is 6.83. The Bertz CT molecular complexity index is 958. The number of aliphatic hydroxyl groups is 2. The molecule has 1 saturated carbocycles. The molecule has 1 aromatic carbocycles. The van der Waals surface area contributed by atoms with E-state index in [9.17, 15) is 19.0 Å². The monoisotopic (exact) mass is 716 g/mol. The van der Waals surface area contributed by atoms with E-state index in [-0.39, 0.29) is 49.1 Å². The quantitative estimate of drug-likeness (QED) is 0.0876. The van der Waals surface area contributed by atoms with Crippen molar-refractivity contribution >= 4 is 20.2 Å². The van der Waals surface area contributed by atoms with Crippen molar-refractivity contribution in [3.05, 3.63) is 35.9 Å². The minimum atomic E-state index is -3.09. The number of unbranched alkanes of at least 4 members (excludes halogenated alkanes) is 7. The minimum Gasteiger partial charge on any atom is -0.353 e. The molecule has 1 saturated heterocycles. The first-order valence-corrected chi connectivity index (χ1v) is 19.2. The Balaban J connectivity index is 1.49. The molecule has 1 aromatic rings. The summed E-state index contributed by atoms with van der Waals surface area (Å²) in [6, 6.07) is 10.5. The van der Waals surface area contributed by atoms with Gasteiger partial charge in [-0.3, -0.25) is 0 Å². The fraction of sp³-hybridized carbons (Fsp3) is 0.816. The zero-order chi connectivity index (χ0) is 33.4. The molecule has 2 aliphatic rings. The van der Waals surface area contributed by atoms with Gasteiger partial charge in [0.25, 0.3) is 5.92 Å². The van der Waals surface area contributed by atoms with Crippen molar-refractivity contribution in [2.45, 2.75) is 179 Å². The van der Waals surface area contributed by atoms with Crippen LogP contribution in [0.2, 0.25) is 0 Å². The first-order chi connectivity index (χ1) is 22.1. The zero-order valence-corrected chi connectivity index (χ0v) is 30.4. The Morgan fingerprint density at radius 1 is 0.957 bits per heavy atom. The summed E-state index contributed by atoms with van der Waals surface area (Å²) < 4.78 is 48.8. The molecule has 0 bridgehead atoms. The average Bonchev–Trinajstić information content (AvgIpc) is 3.32. The fourth-order valence-electron chi connectivity index (χ4n) is 7.32. The Morgan fingerprint density at radius 3 is 2.37 bits per heavy atom. The Kier molecular flexibility index (Phi) is 18.3. The second-order valence-corrected chi connectivity index (χ2v) is 14.9. The van der Waals surface area contributed by atoms with E-state index in [1.807, 2.05) is 6.07 Å². The van der Waals surface area contributed by atoms with Gasteiger partial charge in [-0.05, 0) is 32.1 Å². The van der Waals surface area contributed by atoms with Crippen LogP contribution in [0, 0.1) is 11.8 Å². The molecule has 1 aliphatic heterocycles. The Morgan fingerprint density at radius 2 is 1.67 bits per heavy atom. The normalized spacial score (nSPS) is 25.1. The van der Waals surface area contributed by atoms with Crippen LogP contribution in [0.3, 0.4) is 0 Å². The van der Waals surface area contributed by atoms with Crippen molar-refractivity contribution in [2.24, 2.45) is 11.8 Å². The van der Waals surface area contributed by atoms with Gasteiger partial charge in [0, 0.05) is 13.0 Å². The van der Waals surface area contributed by atoms with Gasteiger partial charge >= 0.3 is 174 Å². The van der Waals surface area contributed by atoms with E-state index in [0.29, 0.717) is 25.9 Å². The molecule has 2 fully saturated rings. The summed E-state index contributed by atoms with van der Waals surface area (Å²) in [6.07, 6.45) is 11.4. The van der Waals surface area contributed by atoms with Gasteiger partial charge in [0.15, 0.2) is 6.29 Å². The smallest absolute Gasteiger partial charge is 0.353 e. The third-order valence-electron chi connectivity index (χ3n) is 9.95. The molecule has 0 spiro atoms. The number of hydrogen-bond acceptors (Lipinski definition) is 5. The van der Waals surface area contributed by atoms with Crippen LogP contribution in [0.1, 0.15) is 148 Å².